The number of sulfonamides is 1. The number of nitrogens with one attached hydrogen (secondary N) is 1. The molecule has 0 bridgehead atoms. The van der Waals surface area contributed by atoms with Crippen molar-refractivity contribution in [1.82, 2.24) is 0 Å². The van der Waals surface area contributed by atoms with E-state index in [1.165, 1.54) is 29.5 Å². The number of rotatable bonds is 4. The van der Waals surface area contributed by atoms with Gasteiger partial charge in [-0.05, 0) is 46.6 Å². The van der Waals surface area contributed by atoms with Gasteiger partial charge in [0.25, 0.3) is 10.0 Å². The summed E-state index contributed by atoms with van der Waals surface area (Å²) in [4.78, 5) is 0.844. The van der Waals surface area contributed by atoms with Crippen LogP contribution in [0, 0.1) is 12.7 Å². The van der Waals surface area contributed by atoms with Crippen LogP contribution in [0.3, 0.4) is 0 Å². The summed E-state index contributed by atoms with van der Waals surface area (Å²) in [7, 11) is -3.77. The number of nitrogens with two attached hydrogens (primary N) is 1. The van der Waals surface area contributed by atoms with Crippen molar-refractivity contribution in [3.05, 3.63) is 44.3 Å². The molecule has 8 heteroatoms. The summed E-state index contributed by atoms with van der Waals surface area (Å²) in [5.74, 6) is -0.461. The van der Waals surface area contributed by atoms with Crippen LogP contribution in [0.1, 0.15) is 10.4 Å². The predicted molar refractivity (Wildman–Crippen MR) is 81.9 cm³/mol. The van der Waals surface area contributed by atoms with Crippen LogP contribution in [0.15, 0.2) is 32.9 Å². The highest BCUT2D eigenvalue weighted by Gasteiger charge is 2.21. The molecule has 0 radical (unpaired) electrons. The molecule has 20 heavy (non-hydrogen) atoms. The van der Waals surface area contributed by atoms with Gasteiger partial charge in [-0.25, -0.2) is 12.8 Å². The van der Waals surface area contributed by atoms with Crippen LogP contribution < -0.4 is 10.5 Å². The highest BCUT2D eigenvalue weighted by Crippen LogP contribution is 2.32. The first-order valence-electron chi connectivity index (χ1n) is 5.60. The molecule has 0 spiro atoms. The lowest BCUT2D eigenvalue weighted by atomic mass is 10.2. The molecule has 2 aromatic rings. The van der Waals surface area contributed by atoms with Crippen LogP contribution in [-0.4, -0.2) is 8.42 Å². The third-order valence-electron chi connectivity index (χ3n) is 2.62. The van der Waals surface area contributed by atoms with Crippen molar-refractivity contribution in [2.75, 3.05) is 4.72 Å². The van der Waals surface area contributed by atoms with Crippen molar-refractivity contribution in [3.63, 3.8) is 0 Å². The molecule has 0 aliphatic rings. The first-order valence-corrected chi connectivity index (χ1v) is 8.70. The Bertz CT molecular complexity index is 744. The molecule has 4 nitrogen and oxygen atoms in total. The van der Waals surface area contributed by atoms with Crippen molar-refractivity contribution in [1.29, 1.82) is 0 Å². The number of anilines is 1. The number of hydrogen-bond donors (Lipinski definition) is 2. The fourth-order valence-corrected chi connectivity index (χ4v) is 5.16. The Morgan fingerprint density at radius 2 is 2.10 bits per heavy atom. The zero-order valence-corrected chi connectivity index (χ0v) is 13.7. The van der Waals surface area contributed by atoms with Crippen LogP contribution in [0.4, 0.5) is 10.1 Å². The summed E-state index contributed by atoms with van der Waals surface area (Å²) < 4.78 is 40.8. The summed E-state index contributed by atoms with van der Waals surface area (Å²) in [6.45, 7) is 1.87. The minimum absolute atomic E-state index is 0.101. The van der Waals surface area contributed by atoms with Gasteiger partial charge in [-0.15, -0.1) is 11.3 Å². The molecule has 3 N–H and O–H groups in total. The zero-order valence-electron chi connectivity index (χ0n) is 10.5. The molecule has 108 valence electrons. The molecular weight excluding hydrogens is 367 g/mol. The van der Waals surface area contributed by atoms with Gasteiger partial charge in [0.1, 0.15) is 10.7 Å². The Kier molecular flexibility index (Phi) is 4.48. The molecule has 1 heterocycles. The molecule has 0 unspecified atom stereocenters. The number of hydrogen-bond acceptors (Lipinski definition) is 4. The topological polar surface area (TPSA) is 72.2 Å². The molecule has 2 rings (SSSR count). The summed E-state index contributed by atoms with van der Waals surface area (Å²) in [6, 6.07) is 5.68. The molecule has 0 saturated heterocycles. The highest BCUT2D eigenvalue weighted by molar-refractivity contribution is 9.11. The van der Waals surface area contributed by atoms with E-state index in [4.69, 9.17) is 5.73 Å². The second-order valence-corrected chi connectivity index (χ2v) is 8.23. The van der Waals surface area contributed by atoms with Crippen LogP contribution in [0.5, 0.6) is 0 Å². The van der Waals surface area contributed by atoms with E-state index in [1.54, 1.807) is 6.92 Å². The van der Waals surface area contributed by atoms with E-state index in [9.17, 15) is 12.8 Å². The Hall–Kier alpha value is -0.960. The van der Waals surface area contributed by atoms with Crippen LogP contribution in [0.2, 0.25) is 0 Å². The van der Waals surface area contributed by atoms with Crippen molar-refractivity contribution in [3.8, 4) is 0 Å². The van der Waals surface area contributed by atoms with Crippen molar-refractivity contribution in [2.45, 2.75) is 18.4 Å². The summed E-state index contributed by atoms with van der Waals surface area (Å²) in [6.07, 6.45) is 0. The number of aryl methyl sites for hydroxylation is 1. The molecule has 1 aromatic heterocycles. The van der Waals surface area contributed by atoms with Gasteiger partial charge in [-0.2, -0.15) is 0 Å². The Balaban J connectivity index is 2.35. The van der Waals surface area contributed by atoms with Gasteiger partial charge in [0.05, 0.1) is 9.47 Å². The van der Waals surface area contributed by atoms with Crippen molar-refractivity contribution < 1.29 is 12.8 Å². The highest BCUT2D eigenvalue weighted by atomic mass is 79.9. The van der Waals surface area contributed by atoms with E-state index in [2.05, 4.69) is 20.7 Å². The molecule has 0 aliphatic carbocycles. The summed E-state index contributed by atoms with van der Waals surface area (Å²) in [5, 5.41) is 0. The standard InChI is InChI=1S/C12H12BrFN2O2S2/c1-7-2-3-8(4-10(7)14)16-20(17,18)11-5-9(6-15)19-12(11)13/h2-5,16H,6,15H2,1H3. The van der Waals surface area contributed by atoms with Gasteiger partial charge in [0, 0.05) is 11.4 Å². The van der Waals surface area contributed by atoms with Crippen molar-refractivity contribution >= 4 is 43.0 Å². The Labute approximate surface area is 129 Å². The van der Waals surface area contributed by atoms with Crippen LogP contribution in [0.25, 0.3) is 0 Å². The van der Waals surface area contributed by atoms with Gasteiger partial charge in [-0.1, -0.05) is 6.07 Å². The van der Waals surface area contributed by atoms with Crippen LogP contribution >= 0.6 is 27.3 Å². The second kappa shape index (κ2) is 5.80. The maximum atomic E-state index is 13.4. The lowest BCUT2D eigenvalue weighted by Gasteiger charge is -2.08. The normalized spacial score (nSPS) is 11.6. The minimum Gasteiger partial charge on any atom is -0.326 e. The molecule has 0 fully saturated rings. The summed E-state index contributed by atoms with van der Waals surface area (Å²) in [5.41, 5.74) is 6.12. The molecular formula is C12H12BrFN2O2S2. The fourth-order valence-electron chi connectivity index (χ4n) is 1.55. The zero-order chi connectivity index (χ0) is 14.9. The molecule has 0 aliphatic heterocycles. The first kappa shape index (κ1) is 15.4. The minimum atomic E-state index is -3.77. The largest absolute Gasteiger partial charge is 0.326 e. The number of benzene rings is 1. The number of thiophene rings is 1. The lowest BCUT2D eigenvalue weighted by molar-refractivity contribution is 0.601. The third-order valence-corrected chi connectivity index (χ3v) is 6.28. The monoisotopic (exact) mass is 378 g/mol. The van der Waals surface area contributed by atoms with E-state index < -0.39 is 15.8 Å². The van der Waals surface area contributed by atoms with Gasteiger partial charge >= 0.3 is 0 Å². The third kappa shape index (κ3) is 3.20. The Morgan fingerprint density at radius 1 is 1.40 bits per heavy atom. The predicted octanol–water partition coefficient (Wildman–Crippen LogP) is 3.22. The average molecular weight is 379 g/mol. The van der Waals surface area contributed by atoms with Gasteiger partial charge in [-0.3, -0.25) is 4.72 Å². The van der Waals surface area contributed by atoms with E-state index in [0.717, 1.165) is 10.9 Å². The van der Waals surface area contributed by atoms with E-state index in [1.807, 2.05) is 0 Å². The van der Waals surface area contributed by atoms with Crippen molar-refractivity contribution in [2.24, 2.45) is 5.73 Å². The molecule has 0 saturated carbocycles. The van der Waals surface area contributed by atoms with E-state index in [-0.39, 0.29) is 17.1 Å². The lowest BCUT2D eigenvalue weighted by Crippen LogP contribution is -2.13. The maximum absolute atomic E-state index is 13.4. The van der Waals surface area contributed by atoms with E-state index in [0.29, 0.717) is 9.35 Å². The average Bonchev–Trinajstić information content (AvgIpc) is 2.76. The number of halogens is 2. The fraction of sp³-hybridized carbons (Fsp3) is 0.167. The second-order valence-electron chi connectivity index (χ2n) is 4.12. The van der Waals surface area contributed by atoms with Gasteiger partial charge in [0.15, 0.2) is 0 Å². The first-order chi connectivity index (χ1) is 9.33. The van der Waals surface area contributed by atoms with Gasteiger partial charge < -0.3 is 5.73 Å². The van der Waals surface area contributed by atoms with Gasteiger partial charge in [0.2, 0.25) is 0 Å². The molecule has 0 atom stereocenters. The van der Waals surface area contributed by atoms with Crippen LogP contribution in [-0.2, 0) is 16.6 Å². The summed E-state index contributed by atoms with van der Waals surface area (Å²) >= 11 is 4.46. The SMILES string of the molecule is Cc1ccc(NS(=O)(=O)c2cc(CN)sc2Br)cc1F. The van der Waals surface area contributed by atoms with E-state index >= 15 is 0 Å². The molecule has 0 amide bonds. The quantitative estimate of drug-likeness (QED) is 0.857. The smallest absolute Gasteiger partial charge is 0.263 e. The maximum Gasteiger partial charge on any atom is 0.263 e. The Morgan fingerprint density at radius 3 is 2.65 bits per heavy atom. The molecule has 1 aromatic carbocycles.